The summed E-state index contributed by atoms with van der Waals surface area (Å²) in [5.74, 6) is 0.531. The highest BCUT2D eigenvalue weighted by Gasteiger charge is 2.09. The lowest BCUT2D eigenvalue weighted by molar-refractivity contribution is 0.0954. The normalized spacial score (nSPS) is 11.9. The first-order valence-electron chi connectivity index (χ1n) is 6.06. The van der Waals surface area contributed by atoms with Crippen LogP contribution in [0.5, 0.6) is 0 Å². The summed E-state index contributed by atoms with van der Waals surface area (Å²) in [5, 5.41) is 6.00. The molecule has 1 aromatic rings. The second-order valence-corrected chi connectivity index (χ2v) is 5.52. The Morgan fingerprint density at radius 3 is 2.72 bits per heavy atom. The minimum Gasteiger partial charge on any atom is -0.385 e. The van der Waals surface area contributed by atoms with E-state index < -0.39 is 10.8 Å². The van der Waals surface area contributed by atoms with Crippen LogP contribution in [-0.4, -0.2) is 35.2 Å². The van der Waals surface area contributed by atoms with Crippen LogP contribution in [0.3, 0.4) is 0 Å². The number of carbonyl (C=O) groups is 1. The molecule has 0 heterocycles. The Bertz CT molecular complexity index is 421. The van der Waals surface area contributed by atoms with Crippen molar-refractivity contribution in [3.8, 4) is 0 Å². The molecular weight excluding hydrogens is 248 g/mol. The van der Waals surface area contributed by atoms with E-state index in [1.165, 1.54) is 0 Å². The fourth-order valence-electron chi connectivity index (χ4n) is 1.60. The van der Waals surface area contributed by atoms with Crippen molar-refractivity contribution in [1.82, 2.24) is 5.32 Å². The number of anilines is 1. The number of benzene rings is 1. The van der Waals surface area contributed by atoms with Gasteiger partial charge in [0.15, 0.2) is 0 Å². The van der Waals surface area contributed by atoms with Gasteiger partial charge in [-0.05, 0) is 25.5 Å². The first-order chi connectivity index (χ1) is 8.65. The average molecular weight is 268 g/mol. The molecule has 5 heteroatoms. The van der Waals surface area contributed by atoms with Crippen molar-refractivity contribution in [1.29, 1.82) is 0 Å². The van der Waals surface area contributed by atoms with E-state index in [4.69, 9.17) is 0 Å². The van der Waals surface area contributed by atoms with Crippen molar-refractivity contribution >= 4 is 22.4 Å². The summed E-state index contributed by atoms with van der Waals surface area (Å²) < 4.78 is 10.9. The van der Waals surface area contributed by atoms with Crippen LogP contribution in [0.1, 0.15) is 23.7 Å². The molecule has 4 nitrogen and oxygen atoms in total. The Balaban J connectivity index is 2.53. The van der Waals surface area contributed by atoms with Gasteiger partial charge in [-0.25, -0.2) is 0 Å². The second kappa shape index (κ2) is 7.87. The molecule has 0 aliphatic heterocycles. The summed E-state index contributed by atoms with van der Waals surface area (Å²) >= 11 is 0. The van der Waals surface area contributed by atoms with Crippen LogP contribution in [0.4, 0.5) is 5.69 Å². The van der Waals surface area contributed by atoms with Gasteiger partial charge in [-0.15, -0.1) is 0 Å². The molecule has 18 heavy (non-hydrogen) atoms. The number of hydrogen-bond donors (Lipinski definition) is 2. The summed E-state index contributed by atoms with van der Waals surface area (Å²) in [7, 11) is -0.796. The van der Waals surface area contributed by atoms with Gasteiger partial charge in [-0.3, -0.25) is 9.00 Å². The Morgan fingerprint density at radius 1 is 1.33 bits per heavy atom. The fraction of sp³-hybridized carbons (Fsp3) is 0.462. The highest BCUT2D eigenvalue weighted by Crippen LogP contribution is 2.14. The number of rotatable bonds is 7. The third kappa shape index (κ3) is 4.87. The van der Waals surface area contributed by atoms with Gasteiger partial charge in [0.25, 0.3) is 5.91 Å². The predicted octanol–water partition coefficient (Wildman–Crippen LogP) is 1.62. The number of nitrogens with one attached hydrogen (secondary N) is 2. The molecular formula is C13H20N2O2S. The summed E-state index contributed by atoms with van der Waals surface area (Å²) in [4.78, 5) is 12.0. The first kappa shape index (κ1) is 14.7. The van der Waals surface area contributed by atoms with Crippen LogP contribution in [0, 0.1) is 0 Å². The van der Waals surface area contributed by atoms with Crippen molar-refractivity contribution in [2.45, 2.75) is 13.3 Å². The van der Waals surface area contributed by atoms with Gasteiger partial charge in [0, 0.05) is 41.6 Å². The highest BCUT2D eigenvalue weighted by molar-refractivity contribution is 7.84. The molecule has 0 saturated heterocycles. The lowest BCUT2D eigenvalue weighted by Crippen LogP contribution is -2.26. The van der Waals surface area contributed by atoms with Crippen LogP contribution < -0.4 is 10.6 Å². The molecule has 1 rings (SSSR count). The molecule has 1 aromatic carbocycles. The van der Waals surface area contributed by atoms with Gasteiger partial charge in [-0.2, -0.15) is 0 Å². The Hall–Kier alpha value is -1.36. The molecule has 100 valence electrons. The smallest absolute Gasteiger partial charge is 0.253 e. The molecule has 0 fully saturated rings. The van der Waals surface area contributed by atoms with Crippen molar-refractivity contribution in [2.24, 2.45) is 0 Å². The Morgan fingerprint density at radius 2 is 2.06 bits per heavy atom. The topological polar surface area (TPSA) is 58.2 Å². The molecule has 0 bridgehead atoms. The lowest BCUT2D eigenvalue weighted by atomic mass is 10.1. The summed E-state index contributed by atoms with van der Waals surface area (Å²) in [5.41, 5.74) is 1.49. The van der Waals surface area contributed by atoms with Gasteiger partial charge in [0.2, 0.25) is 0 Å². The SMILES string of the molecule is CCNc1ccccc1C(=O)NCCCS(C)=O. The van der Waals surface area contributed by atoms with Crippen LogP contribution in [0.2, 0.25) is 0 Å². The molecule has 0 aliphatic rings. The molecule has 0 spiro atoms. The molecule has 1 unspecified atom stereocenters. The van der Waals surface area contributed by atoms with E-state index >= 15 is 0 Å². The maximum absolute atomic E-state index is 12.0. The third-order valence-corrected chi connectivity index (χ3v) is 3.30. The van der Waals surface area contributed by atoms with E-state index in [2.05, 4.69) is 10.6 Å². The Kier molecular flexibility index (Phi) is 6.43. The highest BCUT2D eigenvalue weighted by atomic mass is 32.2. The maximum Gasteiger partial charge on any atom is 0.253 e. The van der Waals surface area contributed by atoms with Gasteiger partial charge in [0.1, 0.15) is 0 Å². The number of para-hydroxylation sites is 1. The minimum atomic E-state index is -0.796. The summed E-state index contributed by atoms with van der Waals surface area (Å²) in [6, 6.07) is 7.43. The predicted molar refractivity (Wildman–Crippen MR) is 76.5 cm³/mol. The standard InChI is InChI=1S/C13H20N2O2S/c1-3-14-12-8-5-4-7-11(12)13(16)15-9-6-10-18(2)17/h4-5,7-8,14H,3,6,9-10H2,1-2H3,(H,15,16). The van der Waals surface area contributed by atoms with Gasteiger partial charge in [-0.1, -0.05) is 12.1 Å². The van der Waals surface area contributed by atoms with Crippen LogP contribution in [0.25, 0.3) is 0 Å². The average Bonchev–Trinajstić information content (AvgIpc) is 2.35. The van der Waals surface area contributed by atoms with E-state index in [1.54, 1.807) is 12.3 Å². The minimum absolute atomic E-state index is 0.0894. The zero-order valence-corrected chi connectivity index (χ0v) is 11.7. The largest absolute Gasteiger partial charge is 0.385 e. The quantitative estimate of drug-likeness (QED) is 0.739. The molecule has 2 N–H and O–H groups in total. The third-order valence-electron chi connectivity index (χ3n) is 2.43. The molecule has 0 saturated carbocycles. The van der Waals surface area contributed by atoms with Gasteiger partial charge < -0.3 is 10.6 Å². The number of amides is 1. The molecule has 1 amide bonds. The fourth-order valence-corrected chi connectivity index (χ4v) is 2.15. The van der Waals surface area contributed by atoms with Crippen molar-refractivity contribution in [2.75, 3.05) is 30.4 Å². The van der Waals surface area contributed by atoms with Gasteiger partial charge in [0.05, 0.1) is 5.56 Å². The molecule has 0 radical (unpaired) electrons. The van der Waals surface area contributed by atoms with Crippen molar-refractivity contribution < 1.29 is 9.00 Å². The van der Waals surface area contributed by atoms with Gasteiger partial charge >= 0.3 is 0 Å². The van der Waals surface area contributed by atoms with Crippen LogP contribution in [0.15, 0.2) is 24.3 Å². The molecule has 0 aliphatic carbocycles. The number of carbonyl (C=O) groups excluding carboxylic acids is 1. The molecule has 0 aromatic heterocycles. The van der Waals surface area contributed by atoms with E-state index in [0.29, 0.717) is 17.9 Å². The molecule has 1 atom stereocenters. The van der Waals surface area contributed by atoms with E-state index in [9.17, 15) is 9.00 Å². The lowest BCUT2D eigenvalue weighted by Gasteiger charge is -2.10. The Labute approximate surface area is 111 Å². The first-order valence-corrected chi connectivity index (χ1v) is 7.79. The van der Waals surface area contributed by atoms with E-state index in [1.807, 2.05) is 25.1 Å². The monoisotopic (exact) mass is 268 g/mol. The maximum atomic E-state index is 12.0. The zero-order valence-electron chi connectivity index (χ0n) is 10.9. The van der Waals surface area contributed by atoms with Crippen LogP contribution in [-0.2, 0) is 10.8 Å². The van der Waals surface area contributed by atoms with Crippen LogP contribution >= 0.6 is 0 Å². The van der Waals surface area contributed by atoms with Crippen molar-refractivity contribution in [3.63, 3.8) is 0 Å². The summed E-state index contributed by atoms with van der Waals surface area (Å²) in [6.07, 6.45) is 2.40. The zero-order chi connectivity index (χ0) is 13.4. The van der Waals surface area contributed by atoms with E-state index in [0.717, 1.165) is 18.7 Å². The van der Waals surface area contributed by atoms with Crippen molar-refractivity contribution in [3.05, 3.63) is 29.8 Å². The second-order valence-electron chi connectivity index (χ2n) is 3.96. The number of hydrogen-bond acceptors (Lipinski definition) is 3. The summed E-state index contributed by atoms with van der Waals surface area (Å²) in [6.45, 7) is 3.32. The van der Waals surface area contributed by atoms with E-state index in [-0.39, 0.29) is 5.91 Å².